The lowest BCUT2D eigenvalue weighted by Gasteiger charge is -2.12. The highest BCUT2D eigenvalue weighted by molar-refractivity contribution is 8.00. The molecule has 0 fully saturated rings. The SMILES string of the molecule is CNc1ccccc1SC/C=N/N(C)c1ccccc1. The lowest BCUT2D eigenvalue weighted by atomic mass is 10.3. The molecule has 0 spiro atoms. The first-order chi connectivity index (χ1) is 9.81. The van der Waals surface area contributed by atoms with Crippen molar-refractivity contribution < 1.29 is 0 Å². The van der Waals surface area contributed by atoms with Crippen LogP contribution in [0.15, 0.2) is 64.6 Å². The molecule has 0 aliphatic carbocycles. The zero-order valence-corrected chi connectivity index (χ0v) is 12.6. The molecule has 3 nitrogen and oxygen atoms in total. The van der Waals surface area contributed by atoms with Crippen LogP contribution >= 0.6 is 11.8 Å². The quantitative estimate of drug-likeness (QED) is 0.495. The molecular weight excluding hydrogens is 266 g/mol. The summed E-state index contributed by atoms with van der Waals surface area (Å²) in [6.07, 6.45) is 1.93. The summed E-state index contributed by atoms with van der Waals surface area (Å²) in [6.45, 7) is 0. The smallest absolute Gasteiger partial charge is 0.0590 e. The Bertz CT molecular complexity index is 555. The first kappa shape index (κ1) is 14.5. The third kappa shape index (κ3) is 4.03. The predicted octanol–water partition coefficient (Wildman–Crippen LogP) is 3.94. The van der Waals surface area contributed by atoms with Crippen molar-refractivity contribution in [2.45, 2.75) is 4.90 Å². The summed E-state index contributed by atoms with van der Waals surface area (Å²) >= 11 is 1.77. The minimum atomic E-state index is 0.843. The first-order valence-corrected chi connectivity index (χ1v) is 7.50. The second-order valence-electron chi connectivity index (χ2n) is 4.21. The highest BCUT2D eigenvalue weighted by Crippen LogP contribution is 2.25. The maximum absolute atomic E-state index is 4.43. The molecule has 20 heavy (non-hydrogen) atoms. The number of para-hydroxylation sites is 2. The fourth-order valence-electron chi connectivity index (χ4n) is 1.79. The van der Waals surface area contributed by atoms with Gasteiger partial charge in [-0.2, -0.15) is 5.10 Å². The van der Waals surface area contributed by atoms with E-state index in [4.69, 9.17) is 0 Å². The molecule has 4 heteroatoms. The topological polar surface area (TPSA) is 27.6 Å². The van der Waals surface area contributed by atoms with Crippen LogP contribution in [0.1, 0.15) is 0 Å². The predicted molar refractivity (Wildman–Crippen MR) is 90.0 cm³/mol. The molecule has 2 aromatic rings. The van der Waals surface area contributed by atoms with Crippen LogP contribution in [0.5, 0.6) is 0 Å². The van der Waals surface area contributed by atoms with E-state index in [2.05, 4.69) is 28.6 Å². The van der Waals surface area contributed by atoms with Crippen LogP contribution in [0, 0.1) is 0 Å². The van der Waals surface area contributed by atoms with Gasteiger partial charge in [0.2, 0.25) is 0 Å². The Morgan fingerprint density at radius 1 is 1.10 bits per heavy atom. The Labute approximate surface area is 124 Å². The molecule has 2 rings (SSSR count). The summed E-state index contributed by atoms with van der Waals surface area (Å²) in [4.78, 5) is 1.24. The molecule has 0 atom stereocenters. The van der Waals surface area contributed by atoms with E-state index in [0.29, 0.717) is 0 Å². The molecule has 2 aromatic carbocycles. The van der Waals surface area contributed by atoms with Crippen LogP contribution in [-0.2, 0) is 0 Å². The third-order valence-corrected chi connectivity index (χ3v) is 3.84. The van der Waals surface area contributed by atoms with Crippen LogP contribution in [0.3, 0.4) is 0 Å². The van der Waals surface area contributed by atoms with Gasteiger partial charge in [-0.15, -0.1) is 11.8 Å². The minimum absolute atomic E-state index is 0.843. The van der Waals surface area contributed by atoms with Crippen LogP contribution in [0.2, 0.25) is 0 Å². The van der Waals surface area contributed by atoms with Crippen LogP contribution < -0.4 is 10.3 Å². The summed E-state index contributed by atoms with van der Waals surface area (Å²) in [5.74, 6) is 0.843. The summed E-state index contributed by atoms with van der Waals surface area (Å²) in [6, 6.07) is 18.4. The number of hydrogen-bond donors (Lipinski definition) is 1. The van der Waals surface area contributed by atoms with Crippen LogP contribution in [-0.4, -0.2) is 26.1 Å². The number of thioether (sulfide) groups is 1. The van der Waals surface area contributed by atoms with Crippen molar-refractivity contribution in [1.82, 2.24) is 0 Å². The minimum Gasteiger partial charge on any atom is -0.387 e. The molecule has 0 unspecified atom stereocenters. The number of anilines is 2. The van der Waals surface area contributed by atoms with Crippen molar-refractivity contribution in [3.8, 4) is 0 Å². The van der Waals surface area contributed by atoms with Crippen LogP contribution in [0.25, 0.3) is 0 Å². The molecule has 0 aliphatic rings. The standard InChI is InChI=1S/C16H19N3S/c1-17-15-10-6-7-11-16(15)20-13-12-18-19(2)14-8-4-3-5-9-14/h3-12,17H,13H2,1-2H3/b18-12+. The number of rotatable bonds is 6. The van der Waals surface area contributed by atoms with Crippen molar-refractivity contribution in [2.24, 2.45) is 5.10 Å². The van der Waals surface area contributed by atoms with E-state index in [1.165, 1.54) is 4.90 Å². The third-order valence-electron chi connectivity index (χ3n) is 2.85. The lowest BCUT2D eigenvalue weighted by Crippen LogP contribution is -2.08. The normalized spacial score (nSPS) is 10.7. The second-order valence-corrected chi connectivity index (χ2v) is 5.28. The molecule has 0 radical (unpaired) electrons. The van der Waals surface area contributed by atoms with Gasteiger partial charge in [-0.05, 0) is 24.3 Å². The summed E-state index contributed by atoms with van der Waals surface area (Å²) < 4.78 is 0. The van der Waals surface area contributed by atoms with Gasteiger partial charge in [-0.1, -0.05) is 30.3 Å². The zero-order chi connectivity index (χ0) is 14.2. The van der Waals surface area contributed by atoms with E-state index in [1.807, 2.05) is 61.7 Å². The average molecular weight is 285 g/mol. The van der Waals surface area contributed by atoms with Gasteiger partial charge < -0.3 is 5.32 Å². The van der Waals surface area contributed by atoms with Gasteiger partial charge in [0, 0.05) is 36.6 Å². The summed E-state index contributed by atoms with van der Waals surface area (Å²) in [5, 5.41) is 9.51. The first-order valence-electron chi connectivity index (χ1n) is 6.52. The van der Waals surface area contributed by atoms with Gasteiger partial charge in [0.15, 0.2) is 0 Å². The van der Waals surface area contributed by atoms with Crippen molar-refractivity contribution in [1.29, 1.82) is 0 Å². The zero-order valence-electron chi connectivity index (χ0n) is 11.8. The second kappa shape index (κ2) is 7.60. The Balaban J connectivity index is 1.88. The summed E-state index contributed by atoms with van der Waals surface area (Å²) in [5.41, 5.74) is 2.24. The molecule has 0 saturated heterocycles. The van der Waals surface area contributed by atoms with E-state index in [9.17, 15) is 0 Å². The van der Waals surface area contributed by atoms with Gasteiger partial charge in [0.05, 0.1) is 5.69 Å². The van der Waals surface area contributed by atoms with Gasteiger partial charge in [-0.25, -0.2) is 0 Å². The summed E-state index contributed by atoms with van der Waals surface area (Å²) in [7, 11) is 3.90. The van der Waals surface area contributed by atoms with Crippen molar-refractivity contribution in [3.63, 3.8) is 0 Å². The van der Waals surface area contributed by atoms with E-state index in [-0.39, 0.29) is 0 Å². The van der Waals surface area contributed by atoms with Crippen molar-refractivity contribution >= 4 is 29.4 Å². The van der Waals surface area contributed by atoms with Crippen LogP contribution in [0.4, 0.5) is 11.4 Å². The Kier molecular flexibility index (Phi) is 5.50. The molecule has 0 aromatic heterocycles. The maximum Gasteiger partial charge on any atom is 0.0590 e. The van der Waals surface area contributed by atoms with Gasteiger partial charge in [0.1, 0.15) is 0 Å². The number of hydrogen-bond acceptors (Lipinski definition) is 4. The number of benzene rings is 2. The van der Waals surface area contributed by atoms with Gasteiger partial charge in [0.25, 0.3) is 0 Å². The van der Waals surface area contributed by atoms with E-state index in [0.717, 1.165) is 17.1 Å². The molecule has 0 amide bonds. The lowest BCUT2D eigenvalue weighted by molar-refractivity contribution is 1.02. The molecule has 104 valence electrons. The van der Waals surface area contributed by atoms with E-state index >= 15 is 0 Å². The Morgan fingerprint density at radius 2 is 1.80 bits per heavy atom. The fraction of sp³-hybridized carbons (Fsp3) is 0.188. The maximum atomic E-state index is 4.43. The van der Waals surface area contributed by atoms with E-state index in [1.54, 1.807) is 11.8 Å². The molecule has 1 N–H and O–H groups in total. The Hall–Kier alpha value is -1.94. The highest BCUT2D eigenvalue weighted by Gasteiger charge is 1.99. The molecular formula is C16H19N3S. The largest absolute Gasteiger partial charge is 0.387 e. The highest BCUT2D eigenvalue weighted by atomic mass is 32.2. The fourth-order valence-corrected chi connectivity index (χ4v) is 2.61. The molecule has 0 aliphatic heterocycles. The van der Waals surface area contributed by atoms with Gasteiger partial charge in [-0.3, -0.25) is 5.01 Å². The molecule has 0 bridgehead atoms. The average Bonchev–Trinajstić information content (AvgIpc) is 2.52. The molecule has 0 saturated carbocycles. The number of nitrogens with one attached hydrogen (secondary N) is 1. The monoisotopic (exact) mass is 285 g/mol. The number of nitrogens with zero attached hydrogens (tertiary/aromatic N) is 2. The number of hydrazone groups is 1. The van der Waals surface area contributed by atoms with E-state index < -0.39 is 0 Å². The molecule has 0 heterocycles. The van der Waals surface area contributed by atoms with Gasteiger partial charge >= 0.3 is 0 Å². The van der Waals surface area contributed by atoms with Crippen molar-refractivity contribution in [2.75, 3.05) is 30.2 Å². The van der Waals surface area contributed by atoms with Crippen molar-refractivity contribution in [3.05, 3.63) is 54.6 Å². The Morgan fingerprint density at radius 3 is 2.55 bits per heavy atom.